The van der Waals surface area contributed by atoms with E-state index in [9.17, 15) is 27.6 Å². The first kappa shape index (κ1) is 25.9. The number of benzene rings is 1. The molecule has 3 rings (SSSR count). The molecule has 0 aliphatic heterocycles. The molecule has 3 aromatic rings. The van der Waals surface area contributed by atoms with Crippen molar-refractivity contribution >= 4 is 29.1 Å². The van der Waals surface area contributed by atoms with Crippen molar-refractivity contribution < 1.29 is 32.0 Å². The standard InChI is InChI=1S/C23H23F3N4O4S/c1-12(2)18(20(32)27-3)30-19(31)16-8-7-15(34-16)14-6-4-5-13(9-14)10-28-21(33)22-29-17(11-35-22)23(24,25)26/h4-9,11-12,18H,10H2,1-3H3,(H,27,32)(H,28,33)(H,30,31). The normalized spacial score (nSPS) is 12.3. The minimum absolute atomic E-state index is 0.0255. The van der Waals surface area contributed by atoms with Gasteiger partial charge in [0.25, 0.3) is 11.8 Å². The number of amides is 3. The van der Waals surface area contributed by atoms with Crippen LogP contribution in [-0.2, 0) is 17.5 Å². The van der Waals surface area contributed by atoms with Gasteiger partial charge in [-0.2, -0.15) is 13.2 Å². The van der Waals surface area contributed by atoms with Gasteiger partial charge in [-0.05, 0) is 29.7 Å². The predicted molar refractivity (Wildman–Crippen MR) is 123 cm³/mol. The summed E-state index contributed by atoms with van der Waals surface area (Å²) in [6, 6.07) is 9.25. The lowest BCUT2D eigenvalue weighted by atomic mass is 10.0. The van der Waals surface area contributed by atoms with E-state index in [0.29, 0.717) is 28.2 Å². The molecule has 0 spiro atoms. The Morgan fingerprint density at radius 3 is 2.49 bits per heavy atom. The number of carbonyl (C=O) groups excluding carboxylic acids is 3. The first-order valence-corrected chi connectivity index (χ1v) is 11.4. The van der Waals surface area contributed by atoms with Gasteiger partial charge in [-0.3, -0.25) is 14.4 Å². The molecule has 12 heteroatoms. The summed E-state index contributed by atoms with van der Waals surface area (Å²) in [6.07, 6.45) is -4.61. The number of hydrogen-bond donors (Lipinski definition) is 3. The van der Waals surface area contributed by atoms with E-state index in [4.69, 9.17) is 4.42 Å². The Labute approximate surface area is 202 Å². The summed E-state index contributed by atoms with van der Waals surface area (Å²) < 4.78 is 43.7. The van der Waals surface area contributed by atoms with Gasteiger partial charge >= 0.3 is 6.18 Å². The van der Waals surface area contributed by atoms with Crippen LogP contribution < -0.4 is 16.0 Å². The molecule has 186 valence electrons. The molecular formula is C23H23F3N4O4S. The van der Waals surface area contributed by atoms with Gasteiger partial charge in [-0.1, -0.05) is 32.0 Å². The molecule has 0 aliphatic rings. The number of nitrogens with one attached hydrogen (secondary N) is 3. The second-order valence-corrected chi connectivity index (χ2v) is 8.75. The summed E-state index contributed by atoms with van der Waals surface area (Å²) in [5.74, 6) is -1.30. The Balaban J connectivity index is 1.66. The third-order valence-corrected chi connectivity index (χ3v) is 5.81. The quantitative estimate of drug-likeness (QED) is 0.428. The number of thiazole rings is 1. The Morgan fingerprint density at radius 1 is 1.11 bits per heavy atom. The number of rotatable bonds is 8. The fourth-order valence-corrected chi connectivity index (χ4v) is 3.86. The van der Waals surface area contributed by atoms with Gasteiger partial charge in [0.05, 0.1) is 0 Å². The third kappa shape index (κ3) is 6.47. The largest absolute Gasteiger partial charge is 0.451 e. The molecule has 0 aliphatic carbocycles. The van der Waals surface area contributed by atoms with E-state index >= 15 is 0 Å². The van der Waals surface area contributed by atoms with Crippen LogP contribution in [0.15, 0.2) is 46.2 Å². The van der Waals surface area contributed by atoms with Crippen LogP contribution in [-0.4, -0.2) is 35.8 Å². The molecule has 0 saturated heterocycles. The number of halogens is 3. The SMILES string of the molecule is CNC(=O)C(NC(=O)c1ccc(-c2cccc(CNC(=O)c3nc(C(F)(F)F)cs3)c2)o1)C(C)C. The van der Waals surface area contributed by atoms with Crippen LogP contribution in [0, 0.1) is 5.92 Å². The van der Waals surface area contributed by atoms with Crippen molar-refractivity contribution in [1.29, 1.82) is 0 Å². The molecule has 0 saturated carbocycles. The minimum Gasteiger partial charge on any atom is -0.451 e. The average molecular weight is 509 g/mol. The lowest BCUT2D eigenvalue weighted by Crippen LogP contribution is -2.48. The maximum Gasteiger partial charge on any atom is 0.434 e. The van der Waals surface area contributed by atoms with Crippen molar-refractivity contribution in [1.82, 2.24) is 20.9 Å². The third-order valence-electron chi connectivity index (χ3n) is 4.97. The van der Waals surface area contributed by atoms with Crippen molar-refractivity contribution in [2.75, 3.05) is 7.05 Å². The molecule has 8 nitrogen and oxygen atoms in total. The number of nitrogens with zero attached hydrogens (tertiary/aromatic N) is 1. The zero-order chi connectivity index (χ0) is 25.8. The fourth-order valence-electron chi connectivity index (χ4n) is 3.12. The zero-order valence-corrected chi connectivity index (χ0v) is 19.8. The van der Waals surface area contributed by atoms with Gasteiger partial charge in [-0.15, -0.1) is 11.3 Å². The highest BCUT2D eigenvalue weighted by Crippen LogP contribution is 2.30. The highest BCUT2D eigenvalue weighted by atomic mass is 32.1. The molecule has 0 fully saturated rings. The number of alkyl halides is 3. The average Bonchev–Trinajstić information content (AvgIpc) is 3.51. The number of hydrogen-bond acceptors (Lipinski definition) is 6. The van der Waals surface area contributed by atoms with Crippen molar-refractivity contribution in [2.24, 2.45) is 5.92 Å². The first-order chi connectivity index (χ1) is 16.5. The molecule has 35 heavy (non-hydrogen) atoms. The van der Waals surface area contributed by atoms with E-state index in [0.717, 1.165) is 5.38 Å². The molecule has 1 aromatic carbocycles. The van der Waals surface area contributed by atoms with E-state index in [-0.39, 0.29) is 29.1 Å². The molecule has 3 N–H and O–H groups in total. The second-order valence-electron chi connectivity index (χ2n) is 7.89. The minimum atomic E-state index is -4.61. The van der Waals surface area contributed by atoms with Crippen LogP contribution >= 0.6 is 11.3 Å². The molecule has 2 heterocycles. The second kappa shape index (κ2) is 10.7. The van der Waals surface area contributed by atoms with Crippen molar-refractivity contribution in [3.05, 3.63) is 63.8 Å². The molecule has 1 unspecified atom stereocenters. The van der Waals surface area contributed by atoms with E-state index in [1.807, 2.05) is 13.8 Å². The van der Waals surface area contributed by atoms with Crippen molar-refractivity contribution in [2.45, 2.75) is 32.6 Å². The maximum absolute atomic E-state index is 12.7. The lowest BCUT2D eigenvalue weighted by Gasteiger charge is -2.19. The Kier molecular flexibility index (Phi) is 7.95. The zero-order valence-electron chi connectivity index (χ0n) is 19.0. The van der Waals surface area contributed by atoms with Crippen LogP contribution in [0.4, 0.5) is 13.2 Å². The van der Waals surface area contributed by atoms with Crippen LogP contribution in [0.1, 0.15) is 45.5 Å². The van der Waals surface area contributed by atoms with Gasteiger partial charge in [-0.25, -0.2) is 4.98 Å². The molecular weight excluding hydrogens is 485 g/mol. The first-order valence-electron chi connectivity index (χ1n) is 10.5. The highest BCUT2D eigenvalue weighted by Gasteiger charge is 2.34. The summed E-state index contributed by atoms with van der Waals surface area (Å²) in [7, 11) is 1.49. The predicted octanol–water partition coefficient (Wildman–Crippen LogP) is 3.85. The van der Waals surface area contributed by atoms with Gasteiger partial charge in [0.1, 0.15) is 11.8 Å². The van der Waals surface area contributed by atoms with E-state index in [1.54, 1.807) is 30.3 Å². The molecule has 1 atom stereocenters. The molecule has 2 aromatic heterocycles. The Morgan fingerprint density at radius 2 is 1.86 bits per heavy atom. The summed E-state index contributed by atoms with van der Waals surface area (Å²) in [6.45, 7) is 3.66. The fraction of sp³-hybridized carbons (Fsp3) is 0.304. The van der Waals surface area contributed by atoms with Gasteiger partial charge in [0, 0.05) is 24.5 Å². The van der Waals surface area contributed by atoms with Crippen LogP contribution in [0.3, 0.4) is 0 Å². The summed E-state index contributed by atoms with van der Waals surface area (Å²) in [5.41, 5.74) is 0.170. The van der Waals surface area contributed by atoms with E-state index < -0.39 is 29.7 Å². The van der Waals surface area contributed by atoms with Gasteiger partial charge in [0.15, 0.2) is 16.5 Å². The number of carbonyl (C=O) groups is 3. The number of likely N-dealkylation sites (N-methyl/N-ethyl adjacent to an activating group) is 1. The van der Waals surface area contributed by atoms with Gasteiger partial charge in [0.2, 0.25) is 5.91 Å². The van der Waals surface area contributed by atoms with Crippen LogP contribution in [0.25, 0.3) is 11.3 Å². The lowest BCUT2D eigenvalue weighted by molar-refractivity contribution is -0.140. The Bertz CT molecular complexity index is 1220. The number of aromatic nitrogens is 1. The smallest absolute Gasteiger partial charge is 0.434 e. The topological polar surface area (TPSA) is 113 Å². The summed E-state index contributed by atoms with van der Waals surface area (Å²) >= 11 is 0.613. The van der Waals surface area contributed by atoms with Crippen molar-refractivity contribution in [3.63, 3.8) is 0 Å². The van der Waals surface area contributed by atoms with Crippen molar-refractivity contribution in [3.8, 4) is 11.3 Å². The Hall–Kier alpha value is -3.67. The summed E-state index contributed by atoms with van der Waals surface area (Å²) in [4.78, 5) is 40.1. The maximum atomic E-state index is 12.7. The molecule has 3 amide bonds. The van der Waals surface area contributed by atoms with E-state index in [1.165, 1.54) is 13.1 Å². The monoisotopic (exact) mass is 508 g/mol. The van der Waals surface area contributed by atoms with E-state index in [2.05, 4.69) is 20.9 Å². The van der Waals surface area contributed by atoms with Crippen LogP contribution in [0.2, 0.25) is 0 Å². The molecule has 0 radical (unpaired) electrons. The number of furan rings is 1. The van der Waals surface area contributed by atoms with Crippen LogP contribution in [0.5, 0.6) is 0 Å². The highest BCUT2D eigenvalue weighted by molar-refractivity contribution is 7.11. The molecule has 0 bridgehead atoms. The van der Waals surface area contributed by atoms with Gasteiger partial charge < -0.3 is 20.4 Å². The summed E-state index contributed by atoms with van der Waals surface area (Å²) in [5, 5.41) is 8.21.